The molecule has 2 amide bonds. The number of ether oxygens (including phenoxy) is 1. The molecule has 2 N–H and O–H groups in total. The first-order chi connectivity index (χ1) is 17.5. The summed E-state index contributed by atoms with van der Waals surface area (Å²) in [6, 6.07) is 15.5. The molecule has 0 radical (unpaired) electrons. The lowest BCUT2D eigenvalue weighted by Gasteiger charge is -2.32. The summed E-state index contributed by atoms with van der Waals surface area (Å²) < 4.78 is 5.79. The monoisotopic (exact) mass is 505 g/mol. The van der Waals surface area contributed by atoms with Crippen LogP contribution in [0.1, 0.15) is 82.4 Å². The van der Waals surface area contributed by atoms with Crippen molar-refractivity contribution in [2.75, 3.05) is 0 Å². The van der Waals surface area contributed by atoms with Gasteiger partial charge in [0, 0.05) is 23.0 Å². The van der Waals surface area contributed by atoms with Crippen molar-refractivity contribution < 1.29 is 14.3 Å². The number of aryl methyl sites for hydroxylation is 2. The van der Waals surface area contributed by atoms with E-state index in [4.69, 9.17) is 4.74 Å². The average Bonchev–Trinajstić information content (AvgIpc) is 3.38. The summed E-state index contributed by atoms with van der Waals surface area (Å²) in [5, 5.41) is 8.79. The van der Waals surface area contributed by atoms with Gasteiger partial charge in [-0.3, -0.25) is 9.59 Å². The lowest BCUT2D eigenvalue weighted by molar-refractivity contribution is 0.0860. The minimum atomic E-state index is -0.209. The number of nitrogens with one attached hydrogen (secondary N) is 2. The molecule has 1 aliphatic carbocycles. The highest BCUT2D eigenvalue weighted by molar-refractivity contribution is 7.09. The van der Waals surface area contributed by atoms with Gasteiger partial charge in [0.2, 0.25) is 0 Å². The van der Waals surface area contributed by atoms with Gasteiger partial charge in [0.05, 0.1) is 0 Å². The van der Waals surface area contributed by atoms with E-state index in [1.165, 1.54) is 22.5 Å². The molecule has 4 rings (SSSR count). The normalized spacial score (nSPS) is 17.4. The van der Waals surface area contributed by atoms with Gasteiger partial charge in [-0.25, -0.2) is 4.98 Å². The molecule has 2 unspecified atom stereocenters. The highest BCUT2D eigenvalue weighted by atomic mass is 32.1. The summed E-state index contributed by atoms with van der Waals surface area (Å²) in [7, 11) is 0. The fourth-order valence-corrected chi connectivity index (χ4v) is 5.12. The summed E-state index contributed by atoms with van der Waals surface area (Å²) in [6.45, 7) is 4.53. The first-order valence-electron chi connectivity index (χ1n) is 12.9. The SMILES string of the molecule is CCCCc1ccc(C(=O)NC2CCCCC2NC(=O)c2csc(COc3ccc(C)cc3)n2)cc1. The molecule has 1 aliphatic rings. The summed E-state index contributed by atoms with van der Waals surface area (Å²) in [5.74, 6) is 0.477. The summed E-state index contributed by atoms with van der Waals surface area (Å²) in [5.41, 5.74) is 3.47. The van der Waals surface area contributed by atoms with Crippen LogP contribution in [-0.4, -0.2) is 28.9 Å². The topological polar surface area (TPSA) is 80.3 Å². The molecule has 36 heavy (non-hydrogen) atoms. The van der Waals surface area contributed by atoms with Crippen LogP contribution >= 0.6 is 11.3 Å². The number of aromatic nitrogens is 1. The summed E-state index contributed by atoms with van der Waals surface area (Å²) >= 11 is 1.41. The smallest absolute Gasteiger partial charge is 0.271 e. The first-order valence-corrected chi connectivity index (χ1v) is 13.7. The molecule has 0 saturated heterocycles. The second-order valence-corrected chi connectivity index (χ2v) is 10.4. The first kappa shape index (κ1) is 25.9. The van der Waals surface area contributed by atoms with Crippen molar-refractivity contribution in [2.45, 2.75) is 77.5 Å². The van der Waals surface area contributed by atoms with Gasteiger partial charge in [-0.05, 0) is 62.4 Å². The van der Waals surface area contributed by atoms with E-state index in [1.54, 1.807) is 5.38 Å². The Morgan fingerprint density at radius 3 is 2.31 bits per heavy atom. The molecule has 3 aromatic rings. The molecule has 190 valence electrons. The third-order valence-corrected chi connectivity index (χ3v) is 7.42. The van der Waals surface area contributed by atoms with E-state index >= 15 is 0 Å². The predicted molar refractivity (Wildman–Crippen MR) is 144 cm³/mol. The molecule has 1 saturated carbocycles. The maximum atomic E-state index is 12.9. The Hall–Kier alpha value is -3.19. The Morgan fingerprint density at radius 1 is 0.972 bits per heavy atom. The van der Waals surface area contributed by atoms with Crippen LogP contribution in [0.5, 0.6) is 5.75 Å². The minimum absolute atomic E-state index is 0.0904. The van der Waals surface area contributed by atoms with Gasteiger partial charge in [0.25, 0.3) is 11.8 Å². The van der Waals surface area contributed by atoms with Gasteiger partial charge in [-0.2, -0.15) is 0 Å². The van der Waals surface area contributed by atoms with E-state index in [9.17, 15) is 9.59 Å². The van der Waals surface area contributed by atoms with Crippen LogP contribution in [-0.2, 0) is 13.0 Å². The van der Waals surface area contributed by atoms with Crippen molar-refractivity contribution >= 4 is 23.2 Å². The lowest BCUT2D eigenvalue weighted by Crippen LogP contribution is -2.53. The van der Waals surface area contributed by atoms with Crippen LogP contribution in [0.25, 0.3) is 0 Å². The molecule has 7 heteroatoms. The summed E-state index contributed by atoms with van der Waals surface area (Å²) in [4.78, 5) is 30.3. The van der Waals surface area contributed by atoms with Crippen LogP contribution in [0.2, 0.25) is 0 Å². The number of unbranched alkanes of at least 4 members (excludes halogenated alkanes) is 1. The Bertz CT molecular complexity index is 1140. The van der Waals surface area contributed by atoms with Crippen LogP contribution in [0.15, 0.2) is 53.9 Å². The van der Waals surface area contributed by atoms with E-state index in [0.29, 0.717) is 17.9 Å². The van der Waals surface area contributed by atoms with Gasteiger partial charge >= 0.3 is 0 Å². The molecule has 6 nitrogen and oxygen atoms in total. The summed E-state index contributed by atoms with van der Waals surface area (Å²) in [6.07, 6.45) is 7.07. The Labute approximate surface area is 217 Å². The molecule has 1 fully saturated rings. The Morgan fingerprint density at radius 2 is 1.64 bits per heavy atom. The van der Waals surface area contributed by atoms with Crippen molar-refractivity contribution in [2.24, 2.45) is 0 Å². The van der Waals surface area contributed by atoms with Crippen molar-refractivity contribution in [3.63, 3.8) is 0 Å². The van der Waals surface area contributed by atoms with Gasteiger partial charge in [0.15, 0.2) is 0 Å². The second kappa shape index (κ2) is 12.7. The number of carbonyl (C=O) groups excluding carboxylic acids is 2. The Balaban J connectivity index is 1.31. The predicted octanol–water partition coefficient (Wildman–Crippen LogP) is 5.84. The zero-order valence-corrected chi connectivity index (χ0v) is 21.9. The van der Waals surface area contributed by atoms with E-state index < -0.39 is 0 Å². The van der Waals surface area contributed by atoms with Gasteiger partial charge in [-0.15, -0.1) is 11.3 Å². The number of nitrogens with zero attached hydrogens (tertiary/aromatic N) is 1. The molecular formula is C29H35N3O3S. The third-order valence-electron chi connectivity index (χ3n) is 6.60. The second-order valence-electron chi connectivity index (χ2n) is 9.47. The van der Waals surface area contributed by atoms with Crippen molar-refractivity contribution in [3.8, 4) is 5.75 Å². The zero-order chi connectivity index (χ0) is 25.3. The van der Waals surface area contributed by atoms with Crippen molar-refractivity contribution in [1.29, 1.82) is 0 Å². The van der Waals surface area contributed by atoms with E-state index in [-0.39, 0.29) is 23.9 Å². The average molecular weight is 506 g/mol. The van der Waals surface area contributed by atoms with Gasteiger partial charge < -0.3 is 15.4 Å². The minimum Gasteiger partial charge on any atom is -0.486 e. The molecule has 2 atom stereocenters. The molecular weight excluding hydrogens is 470 g/mol. The van der Waals surface area contributed by atoms with Crippen LogP contribution < -0.4 is 15.4 Å². The molecule has 1 aromatic heterocycles. The molecule has 0 aliphatic heterocycles. The number of carbonyl (C=O) groups is 2. The number of benzene rings is 2. The zero-order valence-electron chi connectivity index (χ0n) is 21.1. The van der Waals surface area contributed by atoms with E-state index in [2.05, 4.69) is 22.5 Å². The van der Waals surface area contributed by atoms with Crippen molar-refractivity contribution in [3.05, 3.63) is 81.3 Å². The highest BCUT2D eigenvalue weighted by Gasteiger charge is 2.29. The van der Waals surface area contributed by atoms with Crippen LogP contribution in [0.3, 0.4) is 0 Å². The molecule has 1 heterocycles. The largest absolute Gasteiger partial charge is 0.486 e. The number of hydrogen-bond acceptors (Lipinski definition) is 5. The van der Waals surface area contributed by atoms with Gasteiger partial charge in [0.1, 0.15) is 23.1 Å². The number of rotatable bonds is 10. The molecule has 0 spiro atoms. The standard InChI is InChI=1S/C29H35N3O3S/c1-3-4-7-21-12-14-22(15-13-21)28(33)31-24-8-5-6-9-25(24)32-29(34)26-19-36-27(30-26)18-35-23-16-10-20(2)11-17-23/h10-17,19,24-25H,3-9,18H2,1-2H3,(H,31,33)(H,32,34). The van der Waals surface area contributed by atoms with E-state index in [1.807, 2.05) is 55.5 Å². The van der Waals surface area contributed by atoms with Crippen molar-refractivity contribution in [1.82, 2.24) is 15.6 Å². The lowest BCUT2D eigenvalue weighted by atomic mass is 9.90. The quantitative estimate of drug-likeness (QED) is 0.363. The number of hydrogen-bond donors (Lipinski definition) is 2. The number of thiazole rings is 1. The fourth-order valence-electron chi connectivity index (χ4n) is 4.44. The van der Waals surface area contributed by atoms with Crippen LogP contribution in [0, 0.1) is 6.92 Å². The maximum Gasteiger partial charge on any atom is 0.271 e. The number of amides is 2. The molecule has 0 bridgehead atoms. The highest BCUT2D eigenvalue weighted by Crippen LogP contribution is 2.21. The third kappa shape index (κ3) is 7.17. The van der Waals surface area contributed by atoms with Crippen LogP contribution in [0.4, 0.5) is 0 Å². The van der Waals surface area contributed by atoms with Gasteiger partial charge in [-0.1, -0.05) is 56.0 Å². The maximum absolute atomic E-state index is 12.9. The Kier molecular flexibility index (Phi) is 9.11. The fraction of sp³-hybridized carbons (Fsp3) is 0.414. The van der Waals surface area contributed by atoms with E-state index in [0.717, 1.165) is 55.7 Å². The molecule has 2 aromatic carbocycles.